The number of methoxy groups -OCH3 is 1. The van der Waals surface area contributed by atoms with E-state index in [2.05, 4.69) is 21.5 Å². The van der Waals surface area contributed by atoms with Gasteiger partial charge in [0.05, 0.1) is 31.8 Å². The van der Waals surface area contributed by atoms with Crippen molar-refractivity contribution in [2.75, 3.05) is 46.2 Å². The quantitative estimate of drug-likeness (QED) is 0.347. The minimum atomic E-state index is -3.93. The smallest absolute Gasteiger partial charge is 0.324 e. The molecule has 1 heterocycles. The van der Waals surface area contributed by atoms with Crippen molar-refractivity contribution in [1.82, 2.24) is 9.62 Å². The van der Waals surface area contributed by atoms with E-state index < -0.39 is 22.0 Å². The van der Waals surface area contributed by atoms with E-state index in [9.17, 15) is 13.2 Å². The van der Waals surface area contributed by atoms with Crippen molar-refractivity contribution >= 4 is 27.8 Å². The van der Waals surface area contributed by atoms with Crippen LogP contribution in [-0.2, 0) is 24.3 Å². The van der Waals surface area contributed by atoms with Gasteiger partial charge in [0.1, 0.15) is 6.04 Å². The van der Waals surface area contributed by atoms with Crippen molar-refractivity contribution in [3.05, 3.63) is 48.5 Å². The molecule has 2 aromatic rings. The zero-order valence-electron chi connectivity index (χ0n) is 18.7. The summed E-state index contributed by atoms with van der Waals surface area (Å²) in [5.74, 6) is 5.22. The number of hydrogen-bond donors (Lipinski definition) is 1. The van der Waals surface area contributed by atoms with Crippen LogP contribution in [0.3, 0.4) is 0 Å². The SMILES string of the molecule is COC(=O)C(CC#CCN1CCOCC1)NS(=O)(=O)c1ccc(-c2ccc(SC)cc2)cc1. The number of carbonyl (C=O) groups excluding carboxylic acids is 1. The second-order valence-corrected chi connectivity index (χ2v) is 9.99. The third-order valence-corrected chi connectivity index (χ3v) is 7.44. The lowest BCUT2D eigenvalue weighted by molar-refractivity contribution is -0.142. The highest BCUT2D eigenvalue weighted by atomic mass is 32.2. The minimum Gasteiger partial charge on any atom is -0.468 e. The maximum Gasteiger partial charge on any atom is 0.324 e. The molecule has 7 nitrogen and oxygen atoms in total. The zero-order valence-corrected chi connectivity index (χ0v) is 20.4. The number of hydrogen-bond acceptors (Lipinski definition) is 7. The van der Waals surface area contributed by atoms with Crippen molar-refractivity contribution in [2.24, 2.45) is 0 Å². The Morgan fingerprint density at radius 2 is 1.70 bits per heavy atom. The van der Waals surface area contributed by atoms with Crippen LogP contribution < -0.4 is 4.72 Å². The zero-order chi connectivity index (χ0) is 23.7. The molecule has 3 rings (SSSR count). The fourth-order valence-electron chi connectivity index (χ4n) is 3.28. The Kier molecular flexibility index (Phi) is 9.35. The molecule has 1 N–H and O–H groups in total. The van der Waals surface area contributed by atoms with Gasteiger partial charge in [0.25, 0.3) is 0 Å². The summed E-state index contributed by atoms with van der Waals surface area (Å²) < 4.78 is 38.3. The maximum absolute atomic E-state index is 12.9. The van der Waals surface area contributed by atoms with Gasteiger partial charge in [-0.1, -0.05) is 36.1 Å². The first kappa shape index (κ1) is 25.3. The normalized spacial score (nSPS) is 15.3. The summed E-state index contributed by atoms with van der Waals surface area (Å²) in [6, 6.07) is 13.5. The molecule has 0 aromatic heterocycles. The summed E-state index contributed by atoms with van der Waals surface area (Å²) in [5, 5.41) is 0. The Bertz CT molecular complexity index is 1080. The molecule has 0 saturated carbocycles. The van der Waals surface area contributed by atoms with Gasteiger partial charge in [0.2, 0.25) is 10.0 Å². The minimum absolute atomic E-state index is 0.0239. The molecule has 1 fully saturated rings. The first-order valence-electron chi connectivity index (χ1n) is 10.5. The first-order valence-corrected chi connectivity index (χ1v) is 13.2. The lowest BCUT2D eigenvalue weighted by Gasteiger charge is -2.24. The maximum atomic E-state index is 12.9. The average molecular weight is 489 g/mol. The van der Waals surface area contributed by atoms with Crippen LogP contribution in [0.15, 0.2) is 58.3 Å². The summed E-state index contributed by atoms with van der Waals surface area (Å²) in [6.07, 6.45) is 2.04. The number of sulfonamides is 1. The molecular weight excluding hydrogens is 460 g/mol. The average Bonchev–Trinajstić information content (AvgIpc) is 2.86. The second-order valence-electron chi connectivity index (χ2n) is 7.40. The van der Waals surface area contributed by atoms with Crippen molar-refractivity contribution in [3.8, 4) is 23.0 Å². The summed E-state index contributed by atoms with van der Waals surface area (Å²) in [6.45, 7) is 3.50. The Labute approximate surface area is 199 Å². The van der Waals surface area contributed by atoms with E-state index >= 15 is 0 Å². The molecule has 33 heavy (non-hydrogen) atoms. The third kappa shape index (κ3) is 7.32. The van der Waals surface area contributed by atoms with E-state index in [1.165, 1.54) is 19.2 Å². The van der Waals surface area contributed by atoms with Crippen LogP contribution in [0.1, 0.15) is 6.42 Å². The number of nitrogens with zero attached hydrogens (tertiary/aromatic N) is 1. The Hall–Kier alpha value is -2.35. The second kappa shape index (κ2) is 12.2. The van der Waals surface area contributed by atoms with Crippen molar-refractivity contribution < 1.29 is 22.7 Å². The predicted molar refractivity (Wildman–Crippen MR) is 129 cm³/mol. The van der Waals surface area contributed by atoms with Crippen molar-refractivity contribution in [3.63, 3.8) is 0 Å². The lowest BCUT2D eigenvalue weighted by atomic mass is 10.1. The number of carbonyl (C=O) groups is 1. The van der Waals surface area contributed by atoms with E-state index in [1.54, 1.807) is 23.9 Å². The van der Waals surface area contributed by atoms with Crippen LogP contribution >= 0.6 is 11.8 Å². The van der Waals surface area contributed by atoms with Crippen LogP contribution in [0.5, 0.6) is 0 Å². The van der Waals surface area contributed by atoms with Crippen LogP contribution in [-0.4, -0.2) is 71.5 Å². The van der Waals surface area contributed by atoms with Gasteiger partial charge < -0.3 is 9.47 Å². The molecule has 9 heteroatoms. The van der Waals surface area contributed by atoms with E-state index in [-0.39, 0.29) is 11.3 Å². The number of benzene rings is 2. The molecule has 1 aliphatic rings. The molecule has 1 unspecified atom stereocenters. The van der Waals surface area contributed by atoms with Gasteiger partial charge >= 0.3 is 5.97 Å². The van der Waals surface area contributed by atoms with Crippen molar-refractivity contribution in [2.45, 2.75) is 22.3 Å². The third-order valence-electron chi connectivity index (χ3n) is 5.21. The molecule has 0 radical (unpaired) electrons. The highest BCUT2D eigenvalue weighted by Gasteiger charge is 2.26. The topological polar surface area (TPSA) is 84.9 Å². The van der Waals surface area contributed by atoms with Gasteiger partial charge in [-0.05, 0) is 41.6 Å². The standard InChI is InChI=1S/C24H28N2O5S2/c1-30-24(27)23(5-3-4-14-26-15-17-31-18-16-26)25-33(28,29)22-12-8-20(9-13-22)19-6-10-21(32-2)11-7-19/h6-13,23,25H,5,14-18H2,1-2H3. The molecular formula is C24H28N2O5S2. The molecule has 1 atom stereocenters. The first-order chi connectivity index (χ1) is 15.9. The Morgan fingerprint density at radius 1 is 1.09 bits per heavy atom. The molecule has 1 aliphatic heterocycles. The summed E-state index contributed by atoms with van der Waals surface area (Å²) in [5.41, 5.74) is 1.90. The monoisotopic (exact) mass is 488 g/mol. The molecule has 2 aromatic carbocycles. The lowest BCUT2D eigenvalue weighted by Crippen LogP contribution is -2.41. The van der Waals surface area contributed by atoms with Gasteiger partial charge in [-0.3, -0.25) is 9.69 Å². The number of rotatable bonds is 8. The Morgan fingerprint density at radius 3 is 2.27 bits per heavy atom. The fourth-order valence-corrected chi connectivity index (χ4v) is 4.87. The number of morpholine rings is 1. The molecule has 0 aliphatic carbocycles. The van der Waals surface area contributed by atoms with Crippen LogP contribution in [0.2, 0.25) is 0 Å². The van der Waals surface area contributed by atoms with Gasteiger partial charge in [0.15, 0.2) is 0 Å². The van der Waals surface area contributed by atoms with E-state index in [0.29, 0.717) is 19.8 Å². The summed E-state index contributed by atoms with van der Waals surface area (Å²) in [4.78, 5) is 15.5. The van der Waals surface area contributed by atoms with E-state index in [4.69, 9.17) is 9.47 Å². The molecule has 1 saturated heterocycles. The van der Waals surface area contributed by atoms with Gasteiger partial charge in [-0.15, -0.1) is 11.8 Å². The number of nitrogens with one attached hydrogen (secondary N) is 1. The summed E-state index contributed by atoms with van der Waals surface area (Å²) in [7, 11) is -2.71. The highest BCUT2D eigenvalue weighted by Crippen LogP contribution is 2.24. The largest absolute Gasteiger partial charge is 0.468 e. The van der Waals surface area contributed by atoms with Gasteiger partial charge in [-0.25, -0.2) is 8.42 Å². The molecule has 176 valence electrons. The van der Waals surface area contributed by atoms with Gasteiger partial charge in [0, 0.05) is 24.4 Å². The molecule has 0 amide bonds. The van der Waals surface area contributed by atoms with Crippen molar-refractivity contribution in [1.29, 1.82) is 0 Å². The predicted octanol–water partition coefficient (Wildman–Crippen LogP) is 2.62. The van der Waals surface area contributed by atoms with Gasteiger partial charge in [-0.2, -0.15) is 4.72 Å². The van der Waals surface area contributed by atoms with Crippen LogP contribution in [0.25, 0.3) is 11.1 Å². The highest BCUT2D eigenvalue weighted by molar-refractivity contribution is 7.98. The summed E-state index contributed by atoms with van der Waals surface area (Å²) >= 11 is 1.66. The van der Waals surface area contributed by atoms with E-state index in [1.807, 2.05) is 30.5 Å². The number of esters is 1. The molecule has 0 bridgehead atoms. The Balaban J connectivity index is 1.66. The van der Waals surface area contributed by atoms with Crippen LogP contribution in [0, 0.1) is 11.8 Å². The van der Waals surface area contributed by atoms with Crippen LogP contribution in [0.4, 0.5) is 0 Å². The van der Waals surface area contributed by atoms with E-state index in [0.717, 1.165) is 29.1 Å². The molecule has 0 spiro atoms. The number of ether oxygens (including phenoxy) is 2. The fraction of sp³-hybridized carbons (Fsp3) is 0.375. The number of thioether (sulfide) groups is 1.